The topological polar surface area (TPSA) is 37.3 Å². The first-order valence-electron chi connectivity index (χ1n) is 5.03. The van der Waals surface area contributed by atoms with E-state index in [1.165, 1.54) is 0 Å². The van der Waals surface area contributed by atoms with Crippen molar-refractivity contribution in [1.29, 1.82) is 0 Å². The molecule has 0 aliphatic rings. The first-order chi connectivity index (χ1) is 7.70. The molecule has 0 saturated carbocycles. The molecular weight excluding hydrogens is 233 g/mol. The van der Waals surface area contributed by atoms with E-state index in [1.807, 2.05) is 30.3 Å². The lowest BCUT2D eigenvalue weighted by Crippen LogP contribution is -2.11. The predicted molar refractivity (Wildman–Crippen MR) is 58.7 cm³/mol. The number of aliphatic carboxylic acids is 1. The van der Waals surface area contributed by atoms with Gasteiger partial charge in [0.25, 0.3) is 0 Å². The molecule has 1 atom stereocenters. The van der Waals surface area contributed by atoms with Gasteiger partial charge in [-0.1, -0.05) is 37.3 Å². The summed E-state index contributed by atoms with van der Waals surface area (Å²) in [6.07, 6.45) is -3.39. The van der Waals surface area contributed by atoms with Crippen LogP contribution in [0.25, 0.3) is 0 Å². The minimum Gasteiger partial charge on any atom is -0.481 e. The van der Waals surface area contributed by atoms with Crippen LogP contribution in [0, 0.1) is 5.92 Å². The molecule has 0 aliphatic heterocycles. The van der Waals surface area contributed by atoms with E-state index >= 15 is 0 Å². The van der Waals surface area contributed by atoms with Gasteiger partial charge in [0.15, 0.2) is 0 Å². The van der Waals surface area contributed by atoms with Crippen LogP contribution >= 0.6 is 0 Å². The summed E-state index contributed by atoms with van der Waals surface area (Å²) < 4.78 is 31.1. The van der Waals surface area contributed by atoms with Crippen molar-refractivity contribution in [3.05, 3.63) is 35.9 Å². The molecule has 0 unspecified atom stereocenters. The zero-order valence-corrected chi connectivity index (χ0v) is 9.66. The third-order valence-corrected chi connectivity index (χ3v) is 1.81. The van der Waals surface area contributed by atoms with Crippen molar-refractivity contribution >= 4 is 5.97 Å². The van der Waals surface area contributed by atoms with Crippen molar-refractivity contribution in [1.82, 2.24) is 0 Å². The summed E-state index contributed by atoms with van der Waals surface area (Å²) >= 11 is 0. The van der Waals surface area contributed by atoms with E-state index in [4.69, 9.17) is 5.11 Å². The van der Waals surface area contributed by atoms with Crippen molar-refractivity contribution in [3.8, 4) is 0 Å². The molecule has 1 N–H and O–H groups in total. The molecule has 17 heavy (non-hydrogen) atoms. The zero-order chi connectivity index (χ0) is 13.5. The molecule has 0 heterocycles. The highest BCUT2D eigenvalue weighted by Gasteiger charge is 2.15. The highest BCUT2D eigenvalue weighted by atomic mass is 19.4. The van der Waals surface area contributed by atoms with Gasteiger partial charge in [0.2, 0.25) is 0 Å². The molecule has 0 fully saturated rings. The SMILES string of the molecule is CC(F)(F)F.C[C@@H](Cc1ccccc1)C(=O)O. The highest BCUT2D eigenvalue weighted by molar-refractivity contribution is 5.69. The normalized spacial score (nSPS) is 12.3. The molecule has 0 amide bonds. The van der Waals surface area contributed by atoms with E-state index in [9.17, 15) is 18.0 Å². The molecule has 1 aromatic rings. The van der Waals surface area contributed by atoms with Gasteiger partial charge in [0.1, 0.15) is 0 Å². The van der Waals surface area contributed by atoms with Gasteiger partial charge in [0.05, 0.1) is 5.92 Å². The van der Waals surface area contributed by atoms with Crippen molar-refractivity contribution in [2.75, 3.05) is 0 Å². The minimum absolute atomic E-state index is 0.188. The Morgan fingerprint density at radius 2 is 1.71 bits per heavy atom. The fraction of sp³-hybridized carbons (Fsp3) is 0.417. The van der Waals surface area contributed by atoms with E-state index in [1.54, 1.807) is 6.92 Å². The third kappa shape index (κ3) is 10.8. The van der Waals surface area contributed by atoms with Crippen LogP contribution in [0.2, 0.25) is 0 Å². The van der Waals surface area contributed by atoms with E-state index in [0.29, 0.717) is 6.42 Å². The summed E-state index contributed by atoms with van der Waals surface area (Å²) in [5.41, 5.74) is 1.08. The first kappa shape index (κ1) is 15.5. The van der Waals surface area contributed by atoms with Gasteiger partial charge < -0.3 is 5.11 Å². The standard InChI is InChI=1S/C10H12O2.C2H3F3/c1-8(10(11)12)7-9-5-3-2-4-6-9;1-2(3,4)5/h2-6,8H,7H2,1H3,(H,11,12);1H3/t8-;/m0./s1. The number of benzene rings is 1. The second-order valence-electron chi connectivity index (χ2n) is 3.71. The molecule has 0 saturated heterocycles. The number of carbonyl (C=O) groups is 1. The van der Waals surface area contributed by atoms with Gasteiger partial charge in [-0.25, -0.2) is 0 Å². The summed E-state index contributed by atoms with van der Waals surface area (Å²) in [5, 5.41) is 8.64. The van der Waals surface area contributed by atoms with Crippen molar-refractivity contribution in [2.24, 2.45) is 5.92 Å². The van der Waals surface area contributed by atoms with Crippen LogP contribution in [-0.4, -0.2) is 17.3 Å². The number of hydrogen-bond donors (Lipinski definition) is 1. The summed E-state index contributed by atoms with van der Waals surface area (Å²) in [5.74, 6) is -1.04. The number of halogens is 3. The zero-order valence-electron chi connectivity index (χ0n) is 9.66. The summed E-state index contributed by atoms with van der Waals surface area (Å²) in [6, 6.07) is 9.65. The average molecular weight is 248 g/mol. The molecule has 1 aromatic carbocycles. The predicted octanol–water partition coefficient (Wildman–Crippen LogP) is 3.52. The van der Waals surface area contributed by atoms with Crippen LogP contribution in [0.1, 0.15) is 19.4 Å². The minimum atomic E-state index is -4.00. The van der Waals surface area contributed by atoms with E-state index in [0.717, 1.165) is 5.56 Å². The molecule has 0 radical (unpaired) electrons. The van der Waals surface area contributed by atoms with Gasteiger partial charge in [-0.15, -0.1) is 0 Å². The molecule has 0 aromatic heterocycles. The van der Waals surface area contributed by atoms with E-state index < -0.39 is 12.1 Å². The smallest absolute Gasteiger partial charge is 0.386 e. The second kappa shape index (κ2) is 6.93. The lowest BCUT2D eigenvalue weighted by atomic mass is 10.0. The Hall–Kier alpha value is -1.52. The van der Waals surface area contributed by atoms with Crippen LogP contribution in [0.4, 0.5) is 13.2 Å². The number of carboxylic acid groups (broad SMARTS) is 1. The maximum absolute atomic E-state index is 10.5. The Balaban J connectivity index is 0.000000437. The van der Waals surface area contributed by atoms with Gasteiger partial charge in [-0.3, -0.25) is 4.79 Å². The van der Waals surface area contributed by atoms with Gasteiger partial charge in [0, 0.05) is 6.92 Å². The largest absolute Gasteiger partial charge is 0.481 e. The summed E-state index contributed by atoms with van der Waals surface area (Å²) in [6.45, 7) is 1.91. The van der Waals surface area contributed by atoms with Crippen LogP contribution in [0.15, 0.2) is 30.3 Å². The van der Waals surface area contributed by atoms with Crippen molar-refractivity contribution in [2.45, 2.75) is 26.4 Å². The average Bonchev–Trinajstić information content (AvgIpc) is 2.16. The molecule has 96 valence electrons. The summed E-state index contributed by atoms with van der Waals surface area (Å²) in [4.78, 5) is 10.5. The lowest BCUT2D eigenvalue weighted by molar-refractivity contribution is -0.141. The van der Waals surface area contributed by atoms with Crippen LogP contribution in [0.5, 0.6) is 0 Å². The Morgan fingerprint density at radius 1 is 1.29 bits per heavy atom. The molecule has 0 aliphatic carbocycles. The van der Waals surface area contributed by atoms with Crippen molar-refractivity contribution in [3.63, 3.8) is 0 Å². The molecule has 0 bridgehead atoms. The van der Waals surface area contributed by atoms with Crippen LogP contribution in [0.3, 0.4) is 0 Å². The van der Waals surface area contributed by atoms with Gasteiger partial charge in [-0.2, -0.15) is 13.2 Å². The first-order valence-corrected chi connectivity index (χ1v) is 5.03. The monoisotopic (exact) mass is 248 g/mol. The van der Waals surface area contributed by atoms with Gasteiger partial charge in [-0.05, 0) is 12.0 Å². The fourth-order valence-corrected chi connectivity index (χ4v) is 1.05. The number of rotatable bonds is 3. The molecular formula is C12H15F3O2. The van der Waals surface area contributed by atoms with E-state index in [-0.39, 0.29) is 12.8 Å². The lowest BCUT2D eigenvalue weighted by Gasteiger charge is -2.04. The Kier molecular flexibility index (Phi) is 6.31. The quantitative estimate of drug-likeness (QED) is 0.888. The van der Waals surface area contributed by atoms with Crippen molar-refractivity contribution < 1.29 is 23.1 Å². The molecule has 2 nitrogen and oxygen atoms in total. The second-order valence-corrected chi connectivity index (χ2v) is 3.71. The Morgan fingerprint density at radius 3 is 2.06 bits per heavy atom. The molecule has 1 rings (SSSR count). The third-order valence-electron chi connectivity index (χ3n) is 1.81. The number of hydrogen-bond acceptors (Lipinski definition) is 1. The van der Waals surface area contributed by atoms with E-state index in [2.05, 4.69) is 0 Å². The highest BCUT2D eigenvalue weighted by Crippen LogP contribution is 2.10. The molecule has 0 spiro atoms. The Labute approximate surface area is 98.1 Å². The molecule has 5 heteroatoms. The maximum Gasteiger partial charge on any atom is 0.386 e. The van der Waals surface area contributed by atoms with Crippen LogP contribution in [-0.2, 0) is 11.2 Å². The fourth-order valence-electron chi connectivity index (χ4n) is 1.05. The van der Waals surface area contributed by atoms with Crippen LogP contribution < -0.4 is 0 Å². The summed E-state index contributed by atoms with van der Waals surface area (Å²) in [7, 11) is 0. The number of alkyl halides is 3. The Bertz CT molecular complexity index is 327. The maximum atomic E-state index is 10.5. The van der Waals surface area contributed by atoms with Gasteiger partial charge >= 0.3 is 12.1 Å². The number of carboxylic acids is 1.